The lowest BCUT2D eigenvalue weighted by Crippen LogP contribution is -2.17. The third-order valence-corrected chi connectivity index (χ3v) is 5.08. The number of nitrogen functional groups attached to an aromatic ring is 1. The fraction of sp³-hybridized carbons (Fsp3) is 0.211. The number of H-pyrrole nitrogens is 1. The number of hydrogen-bond acceptors (Lipinski definition) is 4. The molecular formula is C19H19ClN6O. The second-order valence-corrected chi connectivity index (χ2v) is 7.03. The standard InChI is InChI=1S/C19H19ClN6O/c1-9(2)26-7-12(14-17(21)23-8-24-18(14)26)16-15(20)11-5-4-10(19(27)22-3)6-13(11)25-16/h4-9,25H,1-3H3,(H,22,27)(H2,21,23,24). The number of amides is 1. The first kappa shape index (κ1) is 17.4. The number of rotatable bonds is 3. The smallest absolute Gasteiger partial charge is 0.251 e. The van der Waals surface area contributed by atoms with Crippen molar-refractivity contribution >= 4 is 45.3 Å². The summed E-state index contributed by atoms with van der Waals surface area (Å²) in [6.07, 6.45) is 3.44. The molecule has 0 unspecified atom stereocenters. The third kappa shape index (κ3) is 2.62. The van der Waals surface area contributed by atoms with Crippen LogP contribution in [0.3, 0.4) is 0 Å². The minimum atomic E-state index is -0.154. The zero-order chi connectivity index (χ0) is 19.3. The Morgan fingerprint density at radius 3 is 2.81 bits per heavy atom. The molecule has 3 heterocycles. The van der Waals surface area contributed by atoms with Crippen molar-refractivity contribution in [1.29, 1.82) is 0 Å². The van der Waals surface area contributed by atoms with Gasteiger partial charge in [-0.1, -0.05) is 17.7 Å². The Morgan fingerprint density at radius 1 is 1.33 bits per heavy atom. The van der Waals surface area contributed by atoms with Gasteiger partial charge in [0, 0.05) is 41.3 Å². The van der Waals surface area contributed by atoms with E-state index < -0.39 is 0 Å². The van der Waals surface area contributed by atoms with Gasteiger partial charge in [0.05, 0.1) is 16.1 Å². The van der Waals surface area contributed by atoms with E-state index >= 15 is 0 Å². The zero-order valence-corrected chi connectivity index (χ0v) is 15.9. The predicted octanol–water partition coefficient (Wildman–Crippen LogP) is 3.76. The van der Waals surface area contributed by atoms with Crippen molar-refractivity contribution in [2.45, 2.75) is 19.9 Å². The van der Waals surface area contributed by atoms with Gasteiger partial charge in [-0.3, -0.25) is 4.79 Å². The number of anilines is 1. The maximum atomic E-state index is 11.9. The molecule has 0 spiro atoms. The van der Waals surface area contributed by atoms with Crippen molar-refractivity contribution < 1.29 is 4.79 Å². The van der Waals surface area contributed by atoms with E-state index in [-0.39, 0.29) is 11.9 Å². The molecule has 0 bridgehead atoms. The molecule has 4 aromatic rings. The number of nitrogens with zero attached hydrogens (tertiary/aromatic N) is 3. The van der Waals surface area contributed by atoms with Crippen LogP contribution in [0, 0.1) is 0 Å². The lowest BCUT2D eigenvalue weighted by molar-refractivity contribution is 0.0963. The van der Waals surface area contributed by atoms with E-state index in [0.29, 0.717) is 16.4 Å². The first-order valence-corrected chi connectivity index (χ1v) is 8.94. The SMILES string of the molecule is CNC(=O)c1ccc2c(Cl)c(-c3cn(C(C)C)c4ncnc(N)c34)[nH]c2c1. The van der Waals surface area contributed by atoms with E-state index in [9.17, 15) is 4.79 Å². The maximum Gasteiger partial charge on any atom is 0.251 e. The minimum Gasteiger partial charge on any atom is -0.383 e. The number of hydrogen-bond donors (Lipinski definition) is 3. The van der Waals surface area contributed by atoms with Crippen LogP contribution < -0.4 is 11.1 Å². The van der Waals surface area contributed by atoms with E-state index in [4.69, 9.17) is 17.3 Å². The highest BCUT2D eigenvalue weighted by Gasteiger charge is 2.21. The summed E-state index contributed by atoms with van der Waals surface area (Å²) in [6, 6.07) is 5.56. The van der Waals surface area contributed by atoms with E-state index in [1.807, 2.05) is 16.8 Å². The molecule has 0 radical (unpaired) electrons. The Hall–Kier alpha value is -3.06. The molecule has 8 heteroatoms. The van der Waals surface area contributed by atoms with Crippen LogP contribution in [0.25, 0.3) is 33.2 Å². The average Bonchev–Trinajstić information content (AvgIpc) is 3.20. The van der Waals surface area contributed by atoms with Crippen molar-refractivity contribution in [2.75, 3.05) is 12.8 Å². The average molecular weight is 383 g/mol. The maximum absolute atomic E-state index is 11.9. The highest BCUT2D eigenvalue weighted by atomic mass is 35.5. The molecule has 27 heavy (non-hydrogen) atoms. The molecular weight excluding hydrogens is 364 g/mol. The number of nitrogens with one attached hydrogen (secondary N) is 2. The Labute approximate surface area is 160 Å². The molecule has 1 amide bonds. The Balaban J connectivity index is 2.00. The van der Waals surface area contributed by atoms with Gasteiger partial charge in [-0.2, -0.15) is 0 Å². The number of carbonyl (C=O) groups excluding carboxylic acids is 1. The number of aromatic nitrogens is 4. The molecule has 138 valence electrons. The summed E-state index contributed by atoms with van der Waals surface area (Å²) in [7, 11) is 1.60. The van der Waals surface area contributed by atoms with Gasteiger partial charge in [0.1, 0.15) is 17.8 Å². The van der Waals surface area contributed by atoms with Crippen molar-refractivity contribution in [1.82, 2.24) is 24.8 Å². The molecule has 0 saturated carbocycles. The number of fused-ring (bicyclic) bond motifs is 2. The fourth-order valence-electron chi connectivity index (χ4n) is 3.33. The summed E-state index contributed by atoms with van der Waals surface area (Å²) in [5.41, 5.74) is 9.81. The summed E-state index contributed by atoms with van der Waals surface area (Å²) in [6.45, 7) is 4.15. The molecule has 0 aliphatic rings. The summed E-state index contributed by atoms with van der Waals surface area (Å²) >= 11 is 6.68. The van der Waals surface area contributed by atoms with Gasteiger partial charge in [-0.15, -0.1) is 0 Å². The van der Waals surface area contributed by atoms with Crippen LogP contribution in [0.4, 0.5) is 5.82 Å². The number of aromatic amines is 1. The number of carbonyl (C=O) groups is 1. The largest absolute Gasteiger partial charge is 0.383 e. The van der Waals surface area contributed by atoms with Crippen molar-refractivity contribution in [3.05, 3.63) is 41.3 Å². The normalized spacial score (nSPS) is 11.6. The lowest BCUT2D eigenvalue weighted by atomic mass is 10.1. The van der Waals surface area contributed by atoms with Crippen LogP contribution in [0.5, 0.6) is 0 Å². The van der Waals surface area contributed by atoms with Gasteiger partial charge >= 0.3 is 0 Å². The molecule has 0 fully saturated rings. The second kappa shape index (κ2) is 6.28. The van der Waals surface area contributed by atoms with Crippen molar-refractivity contribution in [3.63, 3.8) is 0 Å². The molecule has 0 atom stereocenters. The van der Waals surface area contributed by atoms with Crippen molar-refractivity contribution in [2.24, 2.45) is 0 Å². The van der Waals surface area contributed by atoms with Gasteiger partial charge in [0.25, 0.3) is 5.91 Å². The van der Waals surface area contributed by atoms with Crippen LogP contribution in [0.15, 0.2) is 30.7 Å². The molecule has 0 saturated heterocycles. The van der Waals surface area contributed by atoms with Crippen LogP contribution in [-0.4, -0.2) is 32.5 Å². The van der Waals surface area contributed by atoms with E-state index in [1.165, 1.54) is 6.33 Å². The highest BCUT2D eigenvalue weighted by molar-refractivity contribution is 6.39. The third-order valence-electron chi connectivity index (χ3n) is 4.69. The Bertz CT molecular complexity index is 1190. The molecule has 0 aliphatic heterocycles. The monoisotopic (exact) mass is 382 g/mol. The fourth-order valence-corrected chi connectivity index (χ4v) is 3.64. The van der Waals surface area contributed by atoms with Gasteiger partial charge in [0.2, 0.25) is 0 Å². The van der Waals surface area contributed by atoms with E-state index in [1.54, 1.807) is 19.2 Å². The highest BCUT2D eigenvalue weighted by Crippen LogP contribution is 2.40. The zero-order valence-electron chi connectivity index (χ0n) is 15.2. The number of nitrogens with two attached hydrogens (primary N) is 1. The van der Waals surface area contributed by atoms with Gasteiger partial charge in [0.15, 0.2) is 0 Å². The van der Waals surface area contributed by atoms with Gasteiger partial charge in [-0.05, 0) is 26.0 Å². The molecule has 7 nitrogen and oxygen atoms in total. The van der Waals surface area contributed by atoms with Gasteiger partial charge in [-0.25, -0.2) is 9.97 Å². The first-order valence-electron chi connectivity index (χ1n) is 8.57. The molecule has 3 aromatic heterocycles. The van der Waals surface area contributed by atoms with Crippen molar-refractivity contribution in [3.8, 4) is 11.3 Å². The van der Waals surface area contributed by atoms with Gasteiger partial charge < -0.3 is 20.6 Å². The number of benzene rings is 1. The molecule has 4 rings (SSSR count). The minimum absolute atomic E-state index is 0.154. The topological polar surface area (TPSA) is 102 Å². The molecule has 4 N–H and O–H groups in total. The number of halogens is 1. The summed E-state index contributed by atoms with van der Waals surface area (Å²) in [4.78, 5) is 23.8. The van der Waals surface area contributed by atoms with Crippen LogP contribution in [0.1, 0.15) is 30.2 Å². The summed E-state index contributed by atoms with van der Waals surface area (Å²) in [5, 5.41) is 4.78. The predicted molar refractivity (Wildman–Crippen MR) is 108 cm³/mol. The molecule has 1 aromatic carbocycles. The van der Waals surface area contributed by atoms with Crippen LogP contribution in [0.2, 0.25) is 5.02 Å². The summed E-state index contributed by atoms with van der Waals surface area (Å²) in [5.74, 6) is 0.244. The summed E-state index contributed by atoms with van der Waals surface area (Å²) < 4.78 is 2.04. The Kier molecular flexibility index (Phi) is 4.04. The van der Waals surface area contributed by atoms with E-state index in [2.05, 4.69) is 34.1 Å². The van der Waals surface area contributed by atoms with Crippen LogP contribution >= 0.6 is 11.6 Å². The lowest BCUT2D eigenvalue weighted by Gasteiger charge is -2.07. The second-order valence-electron chi connectivity index (χ2n) is 6.65. The molecule has 0 aliphatic carbocycles. The first-order chi connectivity index (χ1) is 12.9. The quantitative estimate of drug-likeness (QED) is 0.502. The van der Waals surface area contributed by atoms with E-state index in [0.717, 1.165) is 33.2 Å². The Morgan fingerprint density at radius 2 is 2.11 bits per heavy atom. The van der Waals surface area contributed by atoms with Crippen LogP contribution in [-0.2, 0) is 0 Å².